The molecule has 0 spiro atoms. The van der Waals surface area contributed by atoms with E-state index in [2.05, 4.69) is 11.2 Å². The lowest BCUT2D eigenvalue weighted by atomic mass is 10.0. The first kappa shape index (κ1) is 10.6. The zero-order valence-corrected chi connectivity index (χ0v) is 9.69. The fourth-order valence-electron chi connectivity index (χ4n) is 1.93. The van der Waals surface area contributed by atoms with Crippen LogP contribution in [-0.2, 0) is 7.05 Å². The second kappa shape index (κ2) is 3.93. The van der Waals surface area contributed by atoms with E-state index in [1.54, 1.807) is 10.9 Å². The van der Waals surface area contributed by atoms with Crippen LogP contribution in [0.2, 0.25) is 0 Å². The average molecular weight is 214 g/mol. The summed E-state index contributed by atoms with van der Waals surface area (Å²) < 4.78 is 1.66. The van der Waals surface area contributed by atoms with E-state index in [0.29, 0.717) is 5.56 Å². The molecule has 0 unspecified atom stereocenters. The van der Waals surface area contributed by atoms with Crippen molar-refractivity contribution in [3.8, 4) is 11.3 Å². The molecule has 0 amide bonds. The predicted molar refractivity (Wildman–Crippen MR) is 63.5 cm³/mol. The van der Waals surface area contributed by atoms with Gasteiger partial charge in [0.25, 0.3) is 0 Å². The third-order valence-electron chi connectivity index (χ3n) is 2.48. The molecule has 2 rings (SSSR count). The minimum Gasteiger partial charge on any atom is -0.298 e. The van der Waals surface area contributed by atoms with Crippen molar-refractivity contribution in [2.45, 2.75) is 13.8 Å². The number of aryl methyl sites for hydroxylation is 3. The summed E-state index contributed by atoms with van der Waals surface area (Å²) in [5.74, 6) is 0. The molecule has 2 aromatic rings. The van der Waals surface area contributed by atoms with Crippen LogP contribution in [0.4, 0.5) is 0 Å². The molecular weight excluding hydrogens is 200 g/mol. The van der Waals surface area contributed by atoms with Crippen molar-refractivity contribution < 1.29 is 4.79 Å². The second-order valence-electron chi connectivity index (χ2n) is 4.10. The van der Waals surface area contributed by atoms with Crippen LogP contribution in [0.25, 0.3) is 11.3 Å². The molecule has 0 N–H and O–H groups in total. The summed E-state index contributed by atoms with van der Waals surface area (Å²) in [7, 11) is 1.82. The van der Waals surface area contributed by atoms with Crippen LogP contribution in [0, 0.1) is 13.8 Å². The SMILES string of the molecule is Cc1cc(C)cc(-c2nn(C)cc2C=O)c1. The Morgan fingerprint density at radius 3 is 2.38 bits per heavy atom. The smallest absolute Gasteiger partial charge is 0.153 e. The first-order valence-corrected chi connectivity index (χ1v) is 5.17. The van der Waals surface area contributed by atoms with Crippen LogP contribution in [0.3, 0.4) is 0 Å². The summed E-state index contributed by atoms with van der Waals surface area (Å²) in [6.07, 6.45) is 2.58. The van der Waals surface area contributed by atoms with Gasteiger partial charge in [-0.05, 0) is 26.0 Å². The van der Waals surface area contributed by atoms with Gasteiger partial charge in [-0.15, -0.1) is 0 Å². The van der Waals surface area contributed by atoms with Crippen LogP contribution in [-0.4, -0.2) is 16.1 Å². The first-order valence-electron chi connectivity index (χ1n) is 5.17. The predicted octanol–water partition coefficient (Wildman–Crippen LogP) is 2.52. The van der Waals surface area contributed by atoms with Crippen LogP contribution in [0.5, 0.6) is 0 Å². The Labute approximate surface area is 94.7 Å². The molecule has 3 nitrogen and oxygen atoms in total. The van der Waals surface area contributed by atoms with Crippen LogP contribution >= 0.6 is 0 Å². The van der Waals surface area contributed by atoms with Gasteiger partial charge >= 0.3 is 0 Å². The molecule has 0 saturated carbocycles. The molecule has 1 aromatic carbocycles. The first-order chi connectivity index (χ1) is 7.60. The Hall–Kier alpha value is -1.90. The van der Waals surface area contributed by atoms with Crippen molar-refractivity contribution in [1.82, 2.24) is 9.78 Å². The fraction of sp³-hybridized carbons (Fsp3) is 0.231. The Morgan fingerprint density at radius 1 is 1.19 bits per heavy atom. The van der Waals surface area contributed by atoms with Gasteiger partial charge < -0.3 is 0 Å². The summed E-state index contributed by atoms with van der Waals surface area (Å²) in [5, 5.41) is 4.32. The summed E-state index contributed by atoms with van der Waals surface area (Å²) >= 11 is 0. The Kier molecular flexibility index (Phi) is 2.60. The zero-order chi connectivity index (χ0) is 11.7. The van der Waals surface area contributed by atoms with Crippen molar-refractivity contribution in [1.29, 1.82) is 0 Å². The highest BCUT2D eigenvalue weighted by Crippen LogP contribution is 2.23. The molecule has 0 fully saturated rings. The number of aromatic nitrogens is 2. The monoisotopic (exact) mass is 214 g/mol. The normalized spacial score (nSPS) is 10.4. The molecule has 0 aliphatic rings. The maximum absolute atomic E-state index is 10.9. The molecule has 3 heteroatoms. The van der Waals surface area contributed by atoms with Gasteiger partial charge in [0, 0.05) is 18.8 Å². The summed E-state index contributed by atoms with van der Waals surface area (Å²) in [5.41, 5.74) is 4.74. The van der Waals surface area contributed by atoms with Gasteiger partial charge in [0.05, 0.1) is 5.56 Å². The molecule has 1 aromatic heterocycles. The summed E-state index contributed by atoms with van der Waals surface area (Å²) in [4.78, 5) is 10.9. The lowest BCUT2D eigenvalue weighted by Gasteiger charge is -2.02. The molecule has 82 valence electrons. The summed E-state index contributed by atoms with van der Waals surface area (Å²) in [6, 6.07) is 6.19. The minimum absolute atomic E-state index is 0.632. The number of aldehydes is 1. The fourth-order valence-corrected chi connectivity index (χ4v) is 1.93. The lowest BCUT2D eigenvalue weighted by Crippen LogP contribution is -1.89. The van der Waals surface area contributed by atoms with E-state index in [1.807, 2.05) is 33.0 Å². The quantitative estimate of drug-likeness (QED) is 0.720. The molecule has 0 atom stereocenters. The number of hydrogen-bond donors (Lipinski definition) is 0. The van der Waals surface area contributed by atoms with Crippen LogP contribution < -0.4 is 0 Å². The van der Waals surface area contributed by atoms with E-state index in [0.717, 1.165) is 17.5 Å². The van der Waals surface area contributed by atoms with Gasteiger partial charge in [-0.25, -0.2) is 0 Å². The summed E-state index contributed by atoms with van der Waals surface area (Å²) in [6.45, 7) is 4.08. The van der Waals surface area contributed by atoms with Gasteiger partial charge in [0.2, 0.25) is 0 Å². The van der Waals surface area contributed by atoms with E-state index >= 15 is 0 Å². The number of rotatable bonds is 2. The molecule has 1 heterocycles. The van der Waals surface area contributed by atoms with Gasteiger partial charge in [-0.3, -0.25) is 9.48 Å². The molecule has 0 aliphatic heterocycles. The van der Waals surface area contributed by atoms with Gasteiger partial charge in [-0.2, -0.15) is 5.10 Å². The van der Waals surface area contributed by atoms with Gasteiger partial charge in [0.1, 0.15) is 5.69 Å². The van der Waals surface area contributed by atoms with Gasteiger partial charge in [0.15, 0.2) is 6.29 Å². The topological polar surface area (TPSA) is 34.9 Å². The van der Waals surface area contributed by atoms with Crippen molar-refractivity contribution in [3.63, 3.8) is 0 Å². The molecule has 0 bridgehead atoms. The van der Waals surface area contributed by atoms with Gasteiger partial charge in [-0.1, -0.05) is 17.2 Å². The van der Waals surface area contributed by atoms with E-state index in [-0.39, 0.29) is 0 Å². The third kappa shape index (κ3) is 1.89. The Balaban J connectivity index is 2.61. The van der Waals surface area contributed by atoms with E-state index in [4.69, 9.17) is 0 Å². The zero-order valence-electron chi connectivity index (χ0n) is 9.69. The maximum Gasteiger partial charge on any atom is 0.153 e. The molecule has 16 heavy (non-hydrogen) atoms. The number of nitrogens with zero attached hydrogens (tertiary/aromatic N) is 2. The van der Waals surface area contributed by atoms with Crippen molar-refractivity contribution >= 4 is 6.29 Å². The molecule has 0 aliphatic carbocycles. The van der Waals surface area contributed by atoms with Crippen molar-refractivity contribution in [2.75, 3.05) is 0 Å². The maximum atomic E-state index is 10.9. The van der Waals surface area contributed by atoms with E-state index in [9.17, 15) is 4.79 Å². The highest BCUT2D eigenvalue weighted by Gasteiger charge is 2.09. The molecule has 0 saturated heterocycles. The minimum atomic E-state index is 0.632. The highest BCUT2D eigenvalue weighted by molar-refractivity contribution is 5.85. The Bertz CT molecular complexity index is 521. The van der Waals surface area contributed by atoms with E-state index in [1.165, 1.54) is 11.1 Å². The number of benzene rings is 1. The number of carbonyl (C=O) groups is 1. The largest absolute Gasteiger partial charge is 0.298 e. The second-order valence-corrected chi connectivity index (χ2v) is 4.10. The van der Waals surface area contributed by atoms with Crippen LogP contribution in [0.15, 0.2) is 24.4 Å². The average Bonchev–Trinajstić information content (AvgIpc) is 2.58. The van der Waals surface area contributed by atoms with Crippen molar-refractivity contribution in [2.24, 2.45) is 7.05 Å². The van der Waals surface area contributed by atoms with Crippen molar-refractivity contribution in [3.05, 3.63) is 41.1 Å². The van der Waals surface area contributed by atoms with E-state index < -0.39 is 0 Å². The lowest BCUT2D eigenvalue weighted by molar-refractivity contribution is 0.112. The highest BCUT2D eigenvalue weighted by atomic mass is 16.1. The molecule has 0 radical (unpaired) electrons. The third-order valence-corrected chi connectivity index (χ3v) is 2.48. The number of hydrogen-bond acceptors (Lipinski definition) is 2. The Morgan fingerprint density at radius 2 is 1.81 bits per heavy atom. The number of carbonyl (C=O) groups excluding carboxylic acids is 1. The van der Waals surface area contributed by atoms with Crippen LogP contribution in [0.1, 0.15) is 21.5 Å². The standard InChI is InChI=1S/C13H14N2O/c1-9-4-10(2)6-11(5-9)13-12(8-16)7-15(3)14-13/h4-8H,1-3H3. The molecular formula is C13H14N2O.